The molecule has 1 aromatic heterocycles. The van der Waals surface area contributed by atoms with Gasteiger partial charge in [-0.3, -0.25) is 4.79 Å². The Morgan fingerprint density at radius 2 is 2.38 bits per heavy atom. The Kier molecular flexibility index (Phi) is 4.54. The molecule has 5 nitrogen and oxygen atoms in total. The number of pyridine rings is 1. The van der Waals surface area contributed by atoms with Gasteiger partial charge in [-0.2, -0.15) is 0 Å². The normalized spacial score (nSPS) is 9.94. The van der Waals surface area contributed by atoms with E-state index in [-0.39, 0.29) is 12.5 Å². The minimum absolute atomic E-state index is 0.0616. The molecule has 3 N–H and O–H groups in total. The number of carbonyl (C=O) groups is 1. The maximum atomic E-state index is 11.1. The lowest BCUT2D eigenvalue weighted by molar-refractivity contribution is -0.140. The molecule has 1 rings (SSSR count). The number of nitrogen functional groups attached to an aromatic ring is 1. The van der Waals surface area contributed by atoms with Crippen LogP contribution in [0.5, 0.6) is 0 Å². The Morgan fingerprint density at radius 1 is 1.69 bits per heavy atom. The van der Waals surface area contributed by atoms with Crippen LogP contribution in [0.25, 0.3) is 0 Å². The molecule has 0 unspecified atom stereocenters. The summed E-state index contributed by atoms with van der Waals surface area (Å²) in [7, 11) is 0. The van der Waals surface area contributed by atoms with Crippen LogP contribution in [0.4, 0.5) is 11.5 Å². The summed E-state index contributed by atoms with van der Waals surface area (Å²) in [5.74, 6) is 0.165. The third-order valence-electron chi connectivity index (χ3n) is 1.89. The van der Waals surface area contributed by atoms with Crippen molar-refractivity contribution >= 4 is 33.4 Å². The van der Waals surface area contributed by atoms with Crippen molar-refractivity contribution in [2.45, 2.75) is 13.8 Å². The van der Waals surface area contributed by atoms with Crippen molar-refractivity contribution in [1.29, 1.82) is 0 Å². The predicted octanol–water partition coefficient (Wildman–Crippen LogP) is 1.71. The molecule has 1 heterocycles. The number of aromatic nitrogens is 1. The van der Waals surface area contributed by atoms with E-state index in [9.17, 15) is 4.79 Å². The highest BCUT2D eigenvalue weighted by Gasteiger charge is 2.07. The number of carbonyl (C=O) groups excluding carboxylic acids is 1. The van der Waals surface area contributed by atoms with Gasteiger partial charge in [0.05, 0.1) is 18.0 Å². The summed E-state index contributed by atoms with van der Waals surface area (Å²) < 4.78 is 5.62. The van der Waals surface area contributed by atoms with Gasteiger partial charge in [0.2, 0.25) is 0 Å². The third-order valence-corrected chi connectivity index (χ3v) is 2.69. The Bertz CT molecular complexity index is 396. The van der Waals surface area contributed by atoms with Gasteiger partial charge in [0.15, 0.2) is 0 Å². The quantitative estimate of drug-likeness (QED) is 0.825. The lowest BCUT2D eigenvalue weighted by Gasteiger charge is -2.09. The van der Waals surface area contributed by atoms with Crippen LogP contribution in [0.1, 0.15) is 12.6 Å². The van der Waals surface area contributed by atoms with Crippen LogP contribution in [0.3, 0.4) is 0 Å². The average molecular weight is 288 g/mol. The number of esters is 1. The minimum Gasteiger partial charge on any atom is -0.465 e. The summed E-state index contributed by atoms with van der Waals surface area (Å²) in [4.78, 5) is 15.3. The van der Waals surface area contributed by atoms with Crippen molar-refractivity contribution in [2.24, 2.45) is 0 Å². The van der Waals surface area contributed by atoms with Gasteiger partial charge in [0.1, 0.15) is 12.4 Å². The summed E-state index contributed by atoms with van der Waals surface area (Å²) in [5.41, 5.74) is 7.04. The number of nitrogens with two attached hydrogens (primary N) is 1. The number of anilines is 2. The maximum Gasteiger partial charge on any atom is 0.325 e. The van der Waals surface area contributed by atoms with E-state index in [2.05, 4.69) is 26.2 Å². The molecule has 0 fully saturated rings. The fraction of sp³-hybridized carbons (Fsp3) is 0.400. The molecule has 1 aromatic rings. The SMILES string of the molecule is CCOC(=O)CNc1nc(C)c(Br)cc1N. The number of rotatable bonds is 4. The molecule has 0 saturated heterocycles. The highest BCUT2D eigenvalue weighted by molar-refractivity contribution is 9.10. The largest absolute Gasteiger partial charge is 0.465 e. The number of halogens is 1. The Labute approximate surface area is 103 Å². The minimum atomic E-state index is -0.329. The molecule has 0 radical (unpaired) electrons. The lowest BCUT2D eigenvalue weighted by atomic mass is 10.3. The number of nitrogens with one attached hydrogen (secondary N) is 1. The average Bonchev–Trinajstić information content (AvgIpc) is 2.22. The van der Waals surface area contributed by atoms with Gasteiger partial charge in [0.25, 0.3) is 0 Å². The monoisotopic (exact) mass is 287 g/mol. The van der Waals surface area contributed by atoms with Gasteiger partial charge in [-0.1, -0.05) is 0 Å². The van der Waals surface area contributed by atoms with Crippen molar-refractivity contribution in [2.75, 3.05) is 24.2 Å². The number of ether oxygens (including phenoxy) is 1. The summed E-state index contributed by atoms with van der Waals surface area (Å²) in [6.07, 6.45) is 0. The summed E-state index contributed by atoms with van der Waals surface area (Å²) >= 11 is 3.32. The first-order chi connectivity index (χ1) is 7.54. The second kappa shape index (κ2) is 5.69. The molecule has 0 aromatic carbocycles. The van der Waals surface area contributed by atoms with E-state index >= 15 is 0 Å². The summed E-state index contributed by atoms with van der Waals surface area (Å²) in [5, 5.41) is 2.83. The van der Waals surface area contributed by atoms with E-state index in [1.54, 1.807) is 13.0 Å². The van der Waals surface area contributed by atoms with Crippen LogP contribution < -0.4 is 11.1 Å². The van der Waals surface area contributed by atoms with Crippen molar-refractivity contribution < 1.29 is 9.53 Å². The zero-order valence-electron chi connectivity index (χ0n) is 9.21. The first-order valence-electron chi connectivity index (χ1n) is 4.86. The Hall–Kier alpha value is -1.30. The summed E-state index contributed by atoms with van der Waals surface area (Å²) in [6.45, 7) is 4.03. The first kappa shape index (κ1) is 12.8. The second-order valence-electron chi connectivity index (χ2n) is 3.15. The molecule has 0 amide bonds. The van der Waals surface area contributed by atoms with Gasteiger partial charge in [-0.15, -0.1) is 0 Å². The van der Waals surface area contributed by atoms with E-state index in [4.69, 9.17) is 10.5 Å². The topological polar surface area (TPSA) is 77.2 Å². The summed E-state index contributed by atoms with van der Waals surface area (Å²) in [6, 6.07) is 1.75. The first-order valence-corrected chi connectivity index (χ1v) is 5.66. The molecule has 0 aliphatic rings. The van der Waals surface area contributed by atoms with Crippen molar-refractivity contribution in [3.8, 4) is 0 Å². The van der Waals surface area contributed by atoms with Gasteiger partial charge in [-0.05, 0) is 35.8 Å². The van der Waals surface area contributed by atoms with Gasteiger partial charge in [0, 0.05) is 4.47 Å². The van der Waals surface area contributed by atoms with E-state index < -0.39 is 0 Å². The molecule has 0 aliphatic heterocycles. The van der Waals surface area contributed by atoms with E-state index in [0.717, 1.165) is 10.2 Å². The number of aryl methyl sites for hydroxylation is 1. The molecule has 0 spiro atoms. The van der Waals surface area contributed by atoms with Crippen LogP contribution in [-0.2, 0) is 9.53 Å². The van der Waals surface area contributed by atoms with Crippen molar-refractivity contribution in [1.82, 2.24) is 4.98 Å². The number of hydrogen-bond donors (Lipinski definition) is 2. The van der Waals surface area contributed by atoms with Gasteiger partial charge < -0.3 is 15.8 Å². The molecule has 0 bridgehead atoms. The molecule has 0 aliphatic carbocycles. The molecule has 0 atom stereocenters. The fourth-order valence-corrected chi connectivity index (χ4v) is 1.44. The Balaban J connectivity index is 2.67. The number of hydrogen-bond acceptors (Lipinski definition) is 5. The predicted molar refractivity (Wildman–Crippen MR) is 66.2 cm³/mol. The Morgan fingerprint density at radius 3 is 3.00 bits per heavy atom. The van der Waals surface area contributed by atoms with E-state index in [1.165, 1.54) is 0 Å². The third kappa shape index (κ3) is 3.37. The zero-order valence-corrected chi connectivity index (χ0v) is 10.8. The highest BCUT2D eigenvalue weighted by atomic mass is 79.9. The fourth-order valence-electron chi connectivity index (χ4n) is 1.10. The van der Waals surface area contributed by atoms with E-state index in [0.29, 0.717) is 18.1 Å². The smallest absolute Gasteiger partial charge is 0.325 e. The molecular weight excluding hydrogens is 274 g/mol. The molecule has 88 valence electrons. The number of nitrogens with zero attached hydrogens (tertiary/aromatic N) is 1. The molecule has 6 heteroatoms. The van der Waals surface area contributed by atoms with Crippen LogP contribution >= 0.6 is 15.9 Å². The lowest BCUT2D eigenvalue weighted by Crippen LogP contribution is -2.18. The van der Waals surface area contributed by atoms with Crippen LogP contribution in [0, 0.1) is 6.92 Å². The maximum absolute atomic E-state index is 11.1. The molecular formula is C10H14BrN3O2. The van der Waals surface area contributed by atoms with Crippen molar-refractivity contribution in [3.63, 3.8) is 0 Å². The standard InChI is InChI=1S/C10H14BrN3O2/c1-3-16-9(15)5-13-10-8(12)4-7(11)6(2)14-10/h4H,3,5,12H2,1-2H3,(H,13,14). The van der Waals surface area contributed by atoms with E-state index in [1.807, 2.05) is 6.92 Å². The van der Waals surface area contributed by atoms with Crippen LogP contribution in [0.15, 0.2) is 10.5 Å². The van der Waals surface area contributed by atoms with Crippen LogP contribution in [-0.4, -0.2) is 24.1 Å². The molecule has 16 heavy (non-hydrogen) atoms. The van der Waals surface area contributed by atoms with Gasteiger partial charge >= 0.3 is 5.97 Å². The van der Waals surface area contributed by atoms with Crippen LogP contribution in [0.2, 0.25) is 0 Å². The highest BCUT2D eigenvalue weighted by Crippen LogP contribution is 2.23. The van der Waals surface area contributed by atoms with Crippen molar-refractivity contribution in [3.05, 3.63) is 16.2 Å². The molecule has 0 saturated carbocycles. The second-order valence-corrected chi connectivity index (χ2v) is 4.01. The zero-order chi connectivity index (χ0) is 12.1. The van der Waals surface area contributed by atoms with Gasteiger partial charge in [-0.25, -0.2) is 4.98 Å².